The van der Waals surface area contributed by atoms with E-state index in [1.165, 1.54) is 5.56 Å². The smallest absolute Gasteiger partial charge is 0.259 e. The van der Waals surface area contributed by atoms with Gasteiger partial charge in [-0.05, 0) is 49.1 Å². The molecule has 1 amide bonds. The fourth-order valence-corrected chi connectivity index (χ4v) is 4.76. The maximum absolute atomic E-state index is 13.1. The van der Waals surface area contributed by atoms with Gasteiger partial charge in [-0.15, -0.1) is 0 Å². The first-order chi connectivity index (χ1) is 17.5. The number of aromatic nitrogens is 3. The molecule has 184 valence electrons. The van der Waals surface area contributed by atoms with Crippen molar-refractivity contribution < 1.29 is 4.79 Å². The molecule has 36 heavy (non-hydrogen) atoms. The Morgan fingerprint density at radius 1 is 0.972 bits per heavy atom. The van der Waals surface area contributed by atoms with Gasteiger partial charge >= 0.3 is 0 Å². The number of unbranched alkanes of at least 4 members (excludes halogenated alkanes) is 2. The van der Waals surface area contributed by atoms with Crippen LogP contribution in [0.15, 0.2) is 65.6 Å². The van der Waals surface area contributed by atoms with Gasteiger partial charge in [-0.3, -0.25) is 14.0 Å². The van der Waals surface area contributed by atoms with Crippen LogP contribution in [-0.4, -0.2) is 26.4 Å². The number of anilines is 1. The molecular formula is C30H32N4O2. The molecule has 1 aliphatic rings. The summed E-state index contributed by atoms with van der Waals surface area (Å²) in [7, 11) is 0. The SMILES string of the molecule is CCCCCn1c(-c2ccc(N3CCCC3=O)cc2)cn2c(=O)cc(/C=C/c3ccc(C)cc3)nc12. The van der Waals surface area contributed by atoms with Crippen LogP contribution in [0.3, 0.4) is 0 Å². The molecule has 0 aliphatic carbocycles. The second-order valence-corrected chi connectivity index (χ2v) is 9.50. The van der Waals surface area contributed by atoms with Crippen LogP contribution >= 0.6 is 0 Å². The Bertz CT molecular complexity index is 1460. The van der Waals surface area contributed by atoms with Crippen molar-refractivity contribution in [3.05, 3.63) is 88.0 Å². The molecule has 1 saturated heterocycles. The summed E-state index contributed by atoms with van der Waals surface area (Å²) in [4.78, 5) is 31.9. The minimum absolute atomic E-state index is 0.0988. The number of amides is 1. The van der Waals surface area contributed by atoms with E-state index in [0.717, 1.165) is 61.3 Å². The molecule has 0 radical (unpaired) electrons. The van der Waals surface area contributed by atoms with E-state index in [1.54, 1.807) is 10.5 Å². The summed E-state index contributed by atoms with van der Waals surface area (Å²) in [5, 5.41) is 0. The number of hydrogen-bond donors (Lipinski definition) is 0. The van der Waals surface area contributed by atoms with E-state index >= 15 is 0 Å². The van der Waals surface area contributed by atoms with Gasteiger partial charge in [-0.1, -0.05) is 67.8 Å². The van der Waals surface area contributed by atoms with E-state index in [0.29, 0.717) is 17.9 Å². The van der Waals surface area contributed by atoms with Gasteiger partial charge < -0.3 is 9.47 Å². The van der Waals surface area contributed by atoms with E-state index in [9.17, 15) is 9.59 Å². The summed E-state index contributed by atoms with van der Waals surface area (Å²) in [5.74, 6) is 0.828. The summed E-state index contributed by atoms with van der Waals surface area (Å²) in [6.07, 6.45) is 10.5. The standard InChI is InChI=1S/C30H32N4O2/c1-3-4-5-18-33-27(24-13-16-26(17-14-24)32-19-6-7-28(32)35)21-34-29(36)20-25(31-30(33)34)15-12-23-10-8-22(2)9-11-23/h8-17,20-21H,3-7,18-19H2,1-2H3/b15-12+. The van der Waals surface area contributed by atoms with Crippen LogP contribution < -0.4 is 10.5 Å². The summed E-state index contributed by atoms with van der Waals surface area (Å²) >= 11 is 0. The molecule has 6 heteroatoms. The third-order valence-corrected chi connectivity index (χ3v) is 6.79. The monoisotopic (exact) mass is 480 g/mol. The third-order valence-electron chi connectivity index (χ3n) is 6.79. The number of hydrogen-bond acceptors (Lipinski definition) is 3. The lowest BCUT2D eigenvalue weighted by atomic mass is 10.1. The fourth-order valence-electron chi connectivity index (χ4n) is 4.76. The number of nitrogens with zero attached hydrogens (tertiary/aromatic N) is 4. The summed E-state index contributed by atoms with van der Waals surface area (Å²) < 4.78 is 3.79. The molecule has 0 N–H and O–H groups in total. The zero-order valence-corrected chi connectivity index (χ0v) is 21.0. The van der Waals surface area contributed by atoms with E-state index < -0.39 is 0 Å². The van der Waals surface area contributed by atoms with Crippen LogP contribution in [-0.2, 0) is 11.3 Å². The zero-order chi connectivity index (χ0) is 25.1. The van der Waals surface area contributed by atoms with Crippen LogP contribution in [0.25, 0.3) is 29.2 Å². The number of carbonyl (C=O) groups is 1. The van der Waals surface area contributed by atoms with E-state index in [2.05, 4.69) is 42.7 Å². The van der Waals surface area contributed by atoms with Crippen LogP contribution in [0.2, 0.25) is 0 Å². The molecule has 0 unspecified atom stereocenters. The highest BCUT2D eigenvalue weighted by molar-refractivity contribution is 5.95. The Hall–Kier alpha value is -3.93. The third kappa shape index (κ3) is 4.89. The first kappa shape index (κ1) is 23.8. The van der Waals surface area contributed by atoms with Crippen molar-refractivity contribution in [1.29, 1.82) is 0 Å². The average molecular weight is 481 g/mol. The van der Waals surface area contributed by atoms with Gasteiger partial charge in [0, 0.05) is 37.5 Å². The normalized spacial score (nSPS) is 13.9. The van der Waals surface area contributed by atoms with Gasteiger partial charge in [0.15, 0.2) is 0 Å². The topological polar surface area (TPSA) is 59.6 Å². The molecule has 0 atom stereocenters. The maximum Gasteiger partial charge on any atom is 0.259 e. The number of fused-ring (bicyclic) bond motifs is 1. The zero-order valence-electron chi connectivity index (χ0n) is 21.0. The number of imidazole rings is 1. The van der Waals surface area contributed by atoms with Gasteiger partial charge in [0.25, 0.3) is 5.56 Å². The van der Waals surface area contributed by atoms with Crippen LogP contribution in [0, 0.1) is 6.92 Å². The largest absolute Gasteiger partial charge is 0.312 e. The second-order valence-electron chi connectivity index (χ2n) is 9.50. The van der Waals surface area contributed by atoms with Crippen molar-refractivity contribution in [2.75, 3.05) is 11.4 Å². The predicted octanol–water partition coefficient (Wildman–Crippen LogP) is 5.96. The van der Waals surface area contributed by atoms with Gasteiger partial charge in [0.1, 0.15) is 0 Å². The van der Waals surface area contributed by atoms with Crippen LogP contribution in [0.4, 0.5) is 5.69 Å². The molecule has 1 fully saturated rings. The lowest BCUT2D eigenvalue weighted by molar-refractivity contribution is -0.117. The molecule has 0 saturated carbocycles. The minimum atomic E-state index is -0.0988. The van der Waals surface area contributed by atoms with Crippen molar-refractivity contribution >= 4 is 29.5 Å². The van der Waals surface area contributed by atoms with E-state index in [1.807, 2.05) is 47.5 Å². The van der Waals surface area contributed by atoms with Gasteiger partial charge in [0.2, 0.25) is 11.7 Å². The number of rotatable bonds is 8. The molecule has 1 aliphatic heterocycles. The number of benzene rings is 2. The highest BCUT2D eigenvalue weighted by Crippen LogP contribution is 2.28. The lowest BCUT2D eigenvalue weighted by Gasteiger charge is -2.16. The van der Waals surface area contributed by atoms with Crippen molar-refractivity contribution in [1.82, 2.24) is 14.0 Å². The highest BCUT2D eigenvalue weighted by atomic mass is 16.2. The van der Waals surface area contributed by atoms with Crippen LogP contribution in [0.5, 0.6) is 0 Å². The maximum atomic E-state index is 13.1. The molecule has 0 bridgehead atoms. The Balaban J connectivity index is 1.53. The Labute approximate surface area is 211 Å². The molecule has 5 rings (SSSR count). The highest BCUT2D eigenvalue weighted by Gasteiger charge is 2.22. The molecule has 0 spiro atoms. The lowest BCUT2D eigenvalue weighted by Crippen LogP contribution is -2.23. The van der Waals surface area contributed by atoms with Crippen molar-refractivity contribution in [2.45, 2.75) is 52.5 Å². The summed E-state index contributed by atoms with van der Waals surface area (Å²) in [6, 6.07) is 17.9. The first-order valence-electron chi connectivity index (χ1n) is 12.8. The molecule has 2 aromatic carbocycles. The minimum Gasteiger partial charge on any atom is -0.312 e. The average Bonchev–Trinajstić information content (AvgIpc) is 3.48. The number of aryl methyl sites for hydroxylation is 2. The van der Waals surface area contributed by atoms with Crippen molar-refractivity contribution in [3.8, 4) is 11.3 Å². The van der Waals surface area contributed by atoms with Gasteiger partial charge in [-0.25, -0.2) is 4.98 Å². The van der Waals surface area contributed by atoms with Crippen molar-refractivity contribution in [2.24, 2.45) is 0 Å². The molecular weight excluding hydrogens is 448 g/mol. The van der Waals surface area contributed by atoms with Crippen LogP contribution in [0.1, 0.15) is 55.8 Å². The Kier molecular flexibility index (Phi) is 6.85. The van der Waals surface area contributed by atoms with E-state index in [4.69, 9.17) is 4.98 Å². The second kappa shape index (κ2) is 10.4. The quantitative estimate of drug-likeness (QED) is 0.293. The van der Waals surface area contributed by atoms with E-state index in [-0.39, 0.29) is 11.5 Å². The number of carbonyl (C=O) groups excluding carboxylic acids is 1. The molecule has 2 aromatic heterocycles. The molecule has 6 nitrogen and oxygen atoms in total. The predicted molar refractivity (Wildman–Crippen MR) is 146 cm³/mol. The first-order valence-corrected chi connectivity index (χ1v) is 12.8. The summed E-state index contributed by atoms with van der Waals surface area (Å²) in [6.45, 7) is 5.80. The Morgan fingerprint density at radius 2 is 1.75 bits per heavy atom. The van der Waals surface area contributed by atoms with Gasteiger partial charge in [-0.2, -0.15) is 0 Å². The summed E-state index contributed by atoms with van der Waals surface area (Å²) in [5.41, 5.74) is 5.70. The molecule has 3 heterocycles. The fraction of sp³-hybridized carbons (Fsp3) is 0.300. The molecule has 4 aromatic rings. The van der Waals surface area contributed by atoms with Gasteiger partial charge in [0.05, 0.1) is 11.4 Å². The Morgan fingerprint density at radius 3 is 2.44 bits per heavy atom. The van der Waals surface area contributed by atoms with Crippen molar-refractivity contribution in [3.63, 3.8) is 0 Å².